The van der Waals surface area contributed by atoms with Crippen molar-refractivity contribution in [2.45, 2.75) is 12.5 Å². The van der Waals surface area contributed by atoms with E-state index in [0.717, 1.165) is 17.9 Å². The van der Waals surface area contributed by atoms with E-state index in [1.54, 1.807) is 6.20 Å². The molecule has 0 fully saturated rings. The molecule has 124 valence electrons. The van der Waals surface area contributed by atoms with Crippen LogP contribution in [0.15, 0.2) is 79.3 Å². The van der Waals surface area contributed by atoms with Crippen LogP contribution >= 0.6 is 0 Å². The highest BCUT2D eigenvalue weighted by atomic mass is 15.4. The van der Waals surface area contributed by atoms with Crippen LogP contribution < -0.4 is 0 Å². The average Bonchev–Trinajstić information content (AvgIpc) is 3.30. The highest BCUT2D eigenvalue weighted by Gasteiger charge is 2.18. The Morgan fingerprint density at radius 2 is 1.68 bits per heavy atom. The van der Waals surface area contributed by atoms with Crippen LogP contribution in [0.4, 0.5) is 0 Å². The van der Waals surface area contributed by atoms with Crippen LogP contribution in [0.5, 0.6) is 0 Å². The van der Waals surface area contributed by atoms with Gasteiger partial charge in [-0.25, -0.2) is 9.67 Å². The molecule has 5 nitrogen and oxygen atoms in total. The molecule has 0 aliphatic carbocycles. The minimum atomic E-state index is 0.0881. The minimum Gasteiger partial charge on any atom is -0.333 e. The predicted octanol–water partition coefficient (Wildman–Crippen LogP) is 3.51. The van der Waals surface area contributed by atoms with E-state index in [1.165, 1.54) is 11.1 Å². The highest BCUT2D eigenvalue weighted by Crippen LogP contribution is 2.24. The zero-order valence-corrected chi connectivity index (χ0v) is 14.0. The molecule has 0 amide bonds. The van der Waals surface area contributed by atoms with E-state index in [4.69, 9.17) is 0 Å². The lowest BCUT2D eigenvalue weighted by molar-refractivity contribution is 0.503. The molecule has 0 aliphatic rings. The standard InChI is InChI=1S/C20H19N5/c1-24-13-12-21-20(24)18-15-25(23-22-18)19(17-10-6-3-7-11-17)14-16-8-4-2-5-9-16/h2-13,15,19H,14H2,1H3. The van der Waals surface area contributed by atoms with Crippen LogP contribution in [0, 0.1) is 0 Å². The molecule has 4 rings (SSSR count). The molecule has 2 heterocycles. The largest absolute Gasteiger partial charge is 0.333 e. The van der Waals surface area contributed by atoms with Crippen LogP contribution in [0.25, 0.3) is 11.5 Å². The van der Waals surface area contributed by atoms with E-state index in [-0.39, 0.29) is 6.04 Å². The fourth-order valence-electron chi connectivity index (χ4n) is 3.02. The molecule has 1 atom stereocenters. The van der Waals surface area contributed by atoms with Crippen molar-refractivity contribution >= 4 is 0 Å². The van der Waals surface area contributed by atoms with Gasteiger partial charge in [0.15, 0.2) is 5.82 Å². The van der Waals surface area contributed by atoms with Gasteiger partial charge in [0.2, 0.25) is 0 Å². The van der Waals surface area contributed by atoms with E-state index in [2.05, 4.69) is 63.8 Å². The molecular formula is C20H19N5. The summed E-state index contributed by atoms with van der Waals surface area (Å²) in [6.45, 7) is 0. The fraction of sp³-hybridized carbons (Fsp3) is 0.150. The molecule has 25 heavy (non-hydrogen) atoms. The second kappa shape index (κ2) is 6.73. The summed E-state index contributed by atoms with van der Waals surface area (Å²) >= 11 is 0. The Morgan fingerprint density at radius 3 is 2.36 bits per heavy atom. The number of nitrogens with zero attached hydrogens (tertiary/aromatic N) is 5. The smallest absolute Gasteiger partial charge is 0.161 e. The summed E-state index contributed by atoms with van der Waals surface area (Å²) in [5.74, 6) is 0.817. The summed E-state index contributed by atoms with van der Waals surface area (Å²) < 4.78 is 3.88. The number of rotatable bonds is 5. The molecule has 0 N–H and O–H groups in total. The van der Waals surface area contributed by atoms with E-state index in [1.807, 2.05) is 40.8 Å². The average molecular weight is 329 g/mol. The fourth-order valence-corrected chi connectivity index (χ4v) is 3.02. The van der Waals surface area contributed by atoms with Gasteiger partial charge < -0.3 is 4.57 Å². The minimum absolute atomic E-state index is 0.0881. The van der Waals surface area contributed by atoms with E-state index < -0.39 is 0 Å². The SMILES string of the molecule is Cn1ccnc1-c1cn(C(Cc2ccccc2)c2ccccc2)nn1. The summed E-state index contributed by atoms with van der Waals surface area (Å²) in [6.07, 6.45) is 6.51. The first-order valence-electron chi connectivity index (χ1n) is 8.29. The molecule has 5 heteroatoms. The van der Waals surface area contributed by atoms with Gasteiger partial charge in [0.25, 0.3) is 0 Å². The third-order valence-corrected chi connectivity index (χ3v) is 4.34. The quantitative estimate of drug-likeness (QED) is 0.563. The molecule has 2 aromatic carbocycles. The van der Waals surface area contributed by atoms with Crippen molar-refractivity contribution in [3.05, 3.63) is 90.4 Å². The Kier molecular flexibility index (Phi) is 4.12. The van der Waals surface area contributed by atoms with Gasteiger partial charge in [0, 0.05) is 19.4 Å². The van der Waals surface area contributed by atoms with Crippen LogP contribution in [0.2, 0.25) is 0 Å². The van der Waals surface area contributed by atoms with Gasteiger partial charge in [-0.1, -0.05) is 65.9 Å². The Bertz CT molecular complexity index is 940. The van der Waals surface area contributed by atoms with Gasteiger partial charge >= 0.3 is 0 Å². The van der Waals surface area contributed by atoms with Crippen molar-refractivity contribution in [2.75, 3.05) is 0 Å². The second-order valence-corrected chi connectivity index (χ2v) is 6.06. The molecule has 0 aliphatic heterocycles. The highest BCUT2D eigenvalue weighted by molar-refractivity contribution is 5.47. The van der Waals surface area contributed by atoms with Crippen molar-refractivity contribution in [3.63, 3.8) is 0 Å². The number of imidazole rings is 1. The third kappa shape index (κ3) is 3.21. The molecular weight excluding hydrogens is 310 g/mol. The lowest BCUT2D eigenvalue weighted by Gasteiger charge is -2.17. The van der Waals surface area contributed by atoms with Gasteiger partial charge in [-0.05, 0) is 17.5 Å². The molecule has 2 aromatic heterocycles. The van der Waals surface area contributed by atoms with Gasteiger partial charge in [0.1, 0.15) is 5.69 Å². The van der Waals surface area contributed by atoms with Crippen molar-refractivity contribution in [2.24, 2.45) is 7.05 Å². The predicted molar refractivity (Wildman–Crippen MR) is 97.0 cm³/mol. The maximum atomic E-state index is 4.40. The Balaban J connectivity index is 1.71. The second-order valence-electron chi connectivity index (χ2n) is 6.06. The maximum absolute atomic E-state index is 4.40. The molecule has 0 saturated heterocycles. The van der Waals surface area contributed by atoms with E-state index >= 15 is 0 Å². The molecule has 4 aromatic rings. The first kappa shape index (κ1) is 15.3. The van der Waals surface area contributed by atoms with E-state index in [9.17, 15) is 0 Å². The molecule has 1 unspecified atom stereocenters. The number of aromatic nitrogens is 5. The number of hydrogen-bond donors (Lipinski definition) is 0. The maximum Gasteiger partial charge on any atom is 0.161 e. The lowest BCUT2D eigenvalue weighted by atomic mass is 9.99. The molecule has 0 saturated carbocycles. The van der Waals surface area contributed by atoms with Crippen molar-refractivity contribution in [3.8, 4) is 11.5 Å². The lowest BCUT2D eigenvalue weighted by Crippen LogP contribution is -2.14. The molecule has 0 bridgehead atoms. The van der Waals surface area contributed by atoms with Gasteiger partial charge in [-0.15, -0.1) is 5.10 Å². The zero-order chi connectivity index (χ0) is 17.1. The van der Waals surface area contributed by atoms with Gasteiger partial charge in [-0.2, -0.15) is 0 Å². The Hall–Kier alpha value is -3.21. The van der Waals surface area contributed by atoms with Crippen LogP contribution in [0.3, 0.4) is 0 Å². The first-order chi connectivity index (χ1) is 12.3. The summed E-state index contributed by atoms with van der Waals surface area (Å²) in [5.41, 5.74) is 3.26. The number of benzene rings is 2. The van der Waals surface area contributed by atoms with Crippen molar-refractivity contribution < 1.29 is 0 Å². The Morgan fingerprint density at radius 1 is 0.960 bits per heavy atom. The summed E-state index contributed by atoms with van der Waals surface area (Å²) in [7, 11) is 1.96. The van der Waals surface area contributed by atoms with Gasteiger partial charge in [0.05, 0.1) is 12.2 Å². The normalized spacial score (nSPS) is 12.2. The summed E-state index contributed by atoms with van der Waals surface area (Å²) in [4.78, 5) is 4.36. The van der Waals surface area contributed by atoms with Crippen LogP contribution in [-0.2, 0) is 13.5 Å². The van der Waals surface area contributed by atoms with Crippen LogP contribution in [0.1, 0.15) is 17.2 Å². The third-order valence-electron chi connectivity index (χ3n) is 4.34. The summed E-state index contributed by atoms with van der Waals surface area (Å²) in [6, 6.07) is 21.0. The topological polar surface area (TPSA) is 48.5 Å². The van der Waals surface area contributed by atoms with Crippen molar-refractivity contribution in [1.29, 1.82) is 0 Å². The monoisotopic (exact) mass is 329 g/mol. The van der Waals surface area contributed by atoms with Gasteiger partial charge in [-0.3, -0.25) is 0 Å². The number of aryl methyl sites for hydroxylation is 1. The number of hydrogen-bond acceptors (Lipinski definition) is 3. The van der Waals surface area contributed by atoms with E-state index in [0.29, 0.717) is 0 Å². The van der Waals surface area contributed by atoms with Crippen molar-refractivity contribution in [1.82, 2.24) is 24.5 Å². The molecule has 0 radical (unpaired) electrons. The zero-order valence-electron chi connectivity index (χ0n) is 14.0. The first-order valence-corrected chi connectivity index (χ1v) is 8.29. The summed E-state index contributed by atoms with van der Waals surface area (Å²) in [5, 5.41) is 8.74. The molecule has 0 spiro atoms. The Labute approximate surface area is 146 Å². The van der Waals surface area contributed by atoms with Crippen LogP contribution in [-0.4, -0.2) is 24.5 Å².